The van der Waals surface area contributed by atoms with Crippen LogP contribution in [0.1, 0.15) is 16.0 Å². The van der Waals surface area contributed by atoms with Gasteiger partial charge in [0.2, 0.25) is 0 Å². The van der Waals surface area contributed by atoms with Gasteiger partial charge in [-0.05, 0) is 57.1 Å². The third-order valence-electron chi connectivity index (χ3n) is 3.35. The van der Waals surface area contributed by atoms with Crippen molar-refractivity contribution in [2.45, 2.75) is 19.5 Å². The van der Waals surface area contributed by atoms with Crippen LogP contribution in [0.2, 0.25) is 0 Å². The highest BCUT2D eigenvalue weighted by Crippen LogP contribution is 2.26. The largest absolute Gasteiger partial charge is 0.398 e. The molecule has 0 bridgehead atoms. The topological polar surface area (TPSA) is 29.3 Å². The molecule has 0 unspecified atom stereocenters. The molecule has 0 atom stereocenters. The van der Waals surface area contributed by atoms with Crippen LogP contribution in [0.4, 0.5) is 5.69 Å². The summed E-state index contributed by atoms with van der Waals surface area (Å²) in [6, 6.07) is 8.49. The fourth-order valence-corrected chi connectivity index (χ4v) is 3.53. The molecule has 1 aromatic heterocycles. The first-order valence-corrected chi connectivity index (χ1v) is 7.71. The molecule has 0 amide bonds. The predicted octanol–water partition coefficient (Wildman–Crippen LogP) is 3.65. The van der Waals surface area contributed by atoms with Crippen LogP contribution >= 0.6 is 27.3 Å². The number of fused-ring (bicyclic) bond motifs is 1. The fourth-order valence-electron chi connectivity index (χ4n) is 2.39. The minimum absolute atomic E-state index is 0.820. The number of nitrogens with two attached hydrogens (primary N) is 1. The van der Waals surface area contributed by atoms with Gasteiger partial charge in [0.15, 0.2) is 0 Å². The Morgan fingerprint density at radius 1 is 1.33 bits per heavy atom. The van der Waals surface area contributed by atoms with Gasteiger partial charge in [-0.15, -0.1) is 11.3 Å². The van der Waals surface area contributed by atoms with Crippen LogP contribution in [0, 0.1) is 0 Å². The Labute approximate surface area is 120 Å². The molecule has 0 saturated carbocycles. The second-order valence-corrected chi connectivity index (χ2v) is 6.54. The Balaban J connectivity index is 1.72. The zero-order valence-electron chi connectivity index (χ0n) is 10.0. The molecule has 1 aromatic carbocycles. The van der Waals surface area contributed by atoms with Crippen molar-refractivity contribution < 1.29 is 0 Å². The number of nitrogen functional groups attached to an aromatic ring is 1. The van der Waals surface area contributed by atoms with Crippen molar-refractivity contribution in [1.29, 1.82) is 0 Å². The van der Waals surface area contributed by atoms with Gasteiger partial charge in [-0.1, -0.05) is 6.07 Å². The van der Waals surface area contributed by atoms with E-state index in [1.165, 1.54) is 17.5 Å². The Morgan fingerprint density at radius 2 is 2.22 bits per heavy atom. The number of benzene rings is 1. The lowest BCUT2D eigenvalue weighted by Gasteiger charge is -2.26. The van der Waals surface area contributed by atoms with E-state index in [2.05, 4.69) is 44.4 Å². The number of rotatable bonds is 2. The van der Waals surface area contributed by atoms with Crippen LogP contribution in [-0.4, -0.2) is 11.4 Å². The molecule has 1 aliphatic rings. The number of nitrogens with zero attached hydrogens (tertiary/aromatic N) is 1. The Bertz CT molecular complexity index is 565. The third-order valence-corrected chi connectivity index (χ3v) is 5.10. The Kier molecular flexibility index (Phi) is 3.41. The highest BCUT2D eigenvalue weighted by molar-refractivity contribution is 9.10. The molecule has 0 spiro atoms. The van der Waals surface area contributed by atoms with Gasteiger partial charge in [0, 0.05) is 34.7 Å². The van der Waals surface area contributed by atoms with Gasteiger partial charge in [0.1, 0.15) is 0 Å². The van der Waals surface area contributed by atoms with Gasteiger partial charge in [0.25, 0.3) is 0 Å². The van der Waals surface area contributed by atoms with Gasteiger partial charge >= 0.3 is 0 Å². The summed E-state index contributed by atoms with van der Waals surface area (Å²) in [5.41, 5.74) is 9.53. The second-order valence-electron chi connectivity index (χ2n) is 4.69. The zero-order valence-corrected chi connectivity index (χ0v) is 12.4. The maximum atomic E-state index is 5.92. The average molecular weight is 323 g/mol. The number of hydrogen-bond donors (Lipinski definition) is 1. The first kappa shape index (κ1) is 12.2. The molecule has 2 nitrogen and oxygen atoms in total. The van der Waals surface area contributed by atoms with E-state index in [1.807, 2.05) is 17.4 Å². The van der Waals surface area contributed by atoms with Crippen molar-refractivity contribution in [2.24, 2.45) is 0 Å². The summed E-state index contributed by atoms with van der Waals surface area (Å²) in [6.45, 7) is 3.19. The lowest BCUT2D eigenvalue weighted by Crippen LogP contribution is -2.29. The van der Waals surface area contributed by atoms with E-state index in [0.717, 1.165) is 29.8 Å². The first-order valence-electron chi connectivity index (χ1n) is 6.04. The quantitative estimate of drug-likeness (QED) is 0.855. The smallest absolute Gasteiger partial charge is 0.0461 e. The van der Waals surface area contributed by atoms with Crippen LogP contribution in [0.3, 0.4) is 0 Å². The summed E-state index contributed by atoms with van der Waals surface area (Å²) >= 11 is 5.32. The molecule has 0 radical (unpaired) electrons. The molecule has 0 fully saturated rings. The van der Waals surface area contributed by atoms with E-state index in [-0.39, 0.29) is 0 Å². The van der Waals surface area contributed by atoms with Crippen LogP contribution in [0.15, 0.2) is 34.1 Å². The lowest BCUT2D eigenvalue weighted by molar-refractivity contribution is 0.247. The minimum Gasteiger partial charge on any atom is -0.398 e. The van der Waals surface area contributed by atoms with E-state index in [1.54, 1.807) is 4.88 Å². The maximum Gasteiger partial charge on any atom is 0.0461 e. The molecule has 0 saturated heterocycles. The predicted molar refractivity (Wildman–Crippen MR) is 80.7 cm³/mol. The highest BCUT2D eigenvalue weighted by Gasteiger charge is 2.17. The van der Waals surface area contributed by atoms with E-state index in [0.29, 0.717) is 0 Å². The van der Waals surface area contributed by atoms with Crippen molar-refractivity contribution in [3.8, 4) is 0 Å². The molecule has 18 heavy (non-hydrogen) atoms. The van der Waals surface area contributed by atoms with E-state index in [4.69, 9.17) is 5.73 Å². The van der Waals surface area contributed by atoms with Gasteiger partial charge in [0.05, 0.1) is 0 Å². The summed E-state index contributed by atoms with van der Waals surface area (Å²) in [4.78, 5) is 4.04. The van der Waals surface area contributed by atoms with Crippen LogP contribution in [-0.2, 0) is 19.5 Å². The van der Waals surface area contributed by atoms with Crippen molar-refractivity contribution in [3.05, 3.63) is 50.1 Å². The molecule has 2 aromatic rings. The van der Waals surface area contributed by atoms with E-state index >= 15 is 0 Å². The monoisotopic (exact) mass is 322 g/mol. The maximum absolute atomic E-state index is 5.92. The average Bonchev–Trinajstić information content (AvgIpc) is 2.81. The second kappa shape index (κ2) is 5.03. The van der Waals surface area contributed by atoms with Crippen LogP contribution in [0.25, 0.3) is 0 Å². The highest BCUT2D eigenvalue weighted by atomic mass is 79.9. The molecular weight excluding hydrogens is 308 g/mol. The first-order chi connectivity index (χ1) is 8.72. The molecule has 2 heterocycles. The summed E-state index contributed by atoms with van der Waals surface area (Å²) in [6.07, 6.45) is 1.18. The van der Waals surface area contributed by atoms with Gasteiger partial charge in [-0.25, -0.2) is 0 Å². The molecule has 2 N–H and O–H groups in total. The number of halogens is 1. The molecule has 94 valence electrons. The Hall–Kier alpha value is -0.840. The van der Waals surface area contributed by atoms with Gasteiger partial charge in [-0.2, -0.15) is 0 Å². The lowest BCUT2D eigenvalue weighted by atomic mass is 10.1. The number of thiophene rings is 1. The summed E-state index contributed by atoms with van der Waals surface area (Å²) in [5, 5.41) is 2.20. The molecule has 1 aliphatic heterocycles. The van der Waals surface area contributed by atoms with E-state index < -0.39 is 0 Å². The Morgan fingerprint density at radius 3 is 3.06 bits per heavy atom. The molecule has 4 heteroatoms. The zero-order chi connectivity index (χ0) is 12.5. The number of hydrogen-bond acceptors (Lipinski definition) is 3. The van der Waals surface area contributed by atoms with Crippen molar-refractivity contribution in [1.82, 2.24) is 4.90 Å². The van der Waals surface area contributed by atoms with Crippen molar-refractivity contribution >= 4 is 33.0 Å². The van der Waals surface area contributed by atoms with Crippen molar-refractivity contribution in [3.63, 3.8) is 0 Å². The number of anilines is 1. The van der Waals surface area contributed by atoms with Crippen molar-refractivity contribution in [2.75, 3.05) is 12.3 Å². The molecular formula is C14H15BrN2S. The standard InChI is InChI=1S/C14H15BrN2S/c15-12-2-1-10(7-13(12)16)8-17-5-3-14-11(9-17)4-6-18-14/h1-2,4,6-7H,3,5,8-9,16H2. The normalized spacial score (nSPS) is 15.6. The SMILES string of the molecule is Nc1cc(CN2CCc3sccc3C2)ccc1Br. The molecule has 3 rings (SSSR count). The minimum atomic E-state index is 0.820. The fraction of sp³-hybridized carbons (Fsp3) is 0.286. The van der Waals surface area contributed by atoms with Crippen LogP contribution in [0.5, 0.6) is 0 Å². The van der Waals surface area contributed by atoms with Gasteiger partial charge < -0.3 is 5.73 Å². The summed E-state index contributed by atoms with van der Waals surface area (Å²) in [5.74, 6) is 0. The van der Waals surface area contributed by atoms with E-state index in [9.17, 15) is 0 Å². The molecule has 0 aliphatic carbocycles. The third kappa shape index (κ3) is 2.46. The van der Waals surface area contributed by atoms with Gasteiger partial charge in [-0.3, -0.25) is 4.90 Å². The summed E-state index contributed by atoms with van der Waals surface area (Å²) in [7, 11) is 0. The van der Waals surface area contributed by atoms with Crippen LogP contribution < -0.4 is 5.73 Å². The summed E-state index contributed by atoms with van der Waals surface area (Å²) < 4.78 is 0.977.